The summed E-state index contributed by atoms with van der Waals surface area (Å²) in [4.78, 5) is 14.0. The van der Waals surface area contributed by atoms with Crippen LogP contribution in [0.25, 0.3) is 0 Å². The molecule has 1 atom stereocenters. The van der Waals surface area contributed by atoms with E-state index in [2.05, 4.69) is 5.10 Å². The molecule has 2 N–H and O–H groups in total. The molecule has 2 rings (SSSR count). The fraction of sp³-hybridized carbons (Fsp3) is 0.286. The molecule has 0 aliphatic rings. The maximum atomic E-state index is 12.4. The van der Waals surface area contributed by atoms with Crippen molar-refractivity contribution in [3.05, 3.63) is 47.8 Å². The van der Waals surface area contributed by atoms with E-state index in [1.54, 1.807) is 29.9 Å². The molecule has 100 valence electrons. The number of hydrogen-bond acceptors (Lipinski definition) is 3. The molecule has 0 saturated heterocycles. The summed E-state index contributed by atoms with van der Waals surface area (Å²) in [5.74, 6) is -0.172. The van der Waals surface area contributed by atoms with Crippen molar-refractivity contribution in [3.8, 4) is 0 Å². The SMILES string of the molecule is CC(c1ccccc1)N(C)C(=O)c1nn(C)cc1N. The summed E-state index contributed by atoms with van der Waals surface area (Å²) >= 11 is 0. The molecule has 1 amide bonds. The molecule has 1 aromatic heterocycles. The fourth-order valence-corrected chi connectivity index (χ4v) is 1.97. The van der Waals surface area contributed by atoms with Gasteiger partial charge in [0, 0.05) is 20.3 Å². The summed E-state index contributed by atoms with van der Waals surface area (Å²) in [6.45, 7) is 1.98. The summed E-state index contributed by atoms with van der Waals surface area (Å²) in [5, 5.41) is 4.11. The fourth-order valence-electron chi connectivity index (χ4n) is 1.97. The molecule has 1 heterocycles. The van der Waals surface area contributed by atoms with Crippen LogP contribution in [0.5, 0.6) is 0 Å². The number of hydrogen-bond donors (Lipinski definition) is 1. The highest BCUT2D eigenvalue weighted by atomic mass is 16.2. The number of anilines is 1. The van der Waals surface area contributed by atoms with Gasteiger partial charge in [0.25, 0.3) is 5.91 Å². The largest absolute Gasteiger partial charge is 0.396 e. The first-order valence-electron chi connectivity index (χ1n) is 6.12. The summed E-state index contributed by atoms with van der Waals surface area (Å²) in [7, 11) is 3.50. The minimum Gasteiger partial charge on any atom is -0.396 e. The van der Waals surface area contributed by atoms with Crippen molar-refractivity contribution in [3.63, 3.8) is 0 Å². The van der Waals surface area contributed by atoms with Gasteiger partial charge in [-0.25, -0.2) is 0 Å². The summed E-state index contributed by atoms with van der Waals surface area (Å²) in [5.41, 5.74) is 7.57. The van der Waals surface area contributed by atoms with Crippen LogP contribution < -0.4 is 5.73 Å². The normalized spacial score (nSPS) is 12.2. The number of benzene rings is 1. The van der Waals surface area contributed by atoms with E-state index in [0.29, 0.717) is 11.4 Å². The molecule has 0 saturated carbocycles. The van der Waals surface area contributed by atoms with Crippen molar-refractivity contribution in [2.24, 2.45) is 7.05 Å². The van der Waals surface area contributed by atoms with Crippen LogP contribution in [-0.2, 0) is 7.05 Å². The predicted octanol–water partition coefficient (Wildman–Crippen LogP) is 1.84. The molecule has 1 aromatic carbocycles. The van der Waals surface area contributed by atoms with Crippen LogP contribution in [0.4, 0.5) is 5.69 Å². The predicted molar refractivity (Wildman–Crippen MR) is 74.6 cm³/mol. The van der Waals surface area contributed by atoms with E-state index in [0.717, 1.165) is 5.56 Å². The van der Waals surface area contributed by atoms with E-state index in [1.165, 1.54) is 0 Å². The number of rotatable bonds is 3. The van der Waals surface area contributed by atoms with E-state index < -0.39 is 0 Å². The van der Waals surface area contributed by atoms with Gasteiger partial charge >= 0.3 is 0 Å². The van der Waals surface area contributed by atoms with Crippen LogP contribution in [0.15, 0.2) is 36.5 Å². The maximum Gasteiger partial charge on any atom is 0.276 e. The van der Waals surface area contributed by atoms with Gasteiger partial charge < -0.3 is 10.6 Å². The molecule has 2 aromatic rings. The van der Waals surface area contributed by atoms with Gasteiger partial charge in [-0.3, -0.25) is 9.48 Å². The zero-order valence-electron chi connectivity index (χ0n) is 11.4. The first kappa shape index (κ1) is 13.1. The van der Waals surface area contributed by atoms with Crippen LogP contribution >= 0.6 is 0 Å². The van der Waals surface area contributed by atoms with Gasteiger partial charge in [0.2, 0.25) is 0 Å². The lowest BCUT2D eigenvalue weighted by Crippen LogP contribution is -2.30. The first-order chi connectivity index (χ1) is 9.00. The number of aromatic nitrogens is 2. The van der Waals surface area contributed by atoms with Crippen LogP contribution in [0, 0.1) is 0 Å². The summed E-state index contributed by atoms with van der Waals surface area (Å²) < 4.78 is 1.55. The summed E-state index contributed by atoms with van der Waals surface area (Å²) in [6.07, 6.45) is 1.63. The Hall–Kier alpha value is -2.30. The number of carbonyl (C=O) groups is 1. The highest BCUT2D eigenvalue weighted by molar-refractivity contribution is 5.97. The summed E-state index contributed by atoms with van der Waals surface area (Å²) in [6, 6.07) is 9.83. The third kappa shape index (κ3) is 2.59. The van der Waals surface area contributed by atoms with Crippen molar-refractivity contribution < 1.29 is 4.79 Å². The Labute approximate surface area is 112 Å². The number of nitrogens with zero attached hydrogens (tertiary/aromatic N) is 3. The van der Waals surface area contributed by atoms with E-state index in [-0.39, 0.29) is 11.9 Å². The average Bonchev–Trinajstić information content (AvgIpc) is 2.76. The number of amides is 1. The quantitative estimate of drug-likeness (QED) is 0.913. The highest BCUT2D eigenvalue weighted by Gasteiger charge is 2.22. The van der Waals surface area contributed by atoms with Crippen LogP contribution in [0.3, 0.4) is 0 Å². The number of nitrogen functional groups attached to an aromatic ring is 1. The first-order valence-corrected chi connectivity index (χ1v) is 6.12. The Balaban J connectivity index is 2.22. The monoisotopic (exact) mass is 258 g/mol. The van der Waals surface area contributed by atoms with E-state index >= 15 is 0 Å². The second kappa shape index (κ2) is 5.14. The van der Waals surface area contributed by atoms with Crippen LogP contribution in [-0.4, -0.2) is 27.6 Å². The van der Waals surface area contributed by atoms with Crippen molar-refractivity contribution in [2.75, 3.05) is 12.8 Å². The lowest BCUT2D eigenvalue weighted by molar-refractivity contribution is 0.0737. The molecule has 0 bridgehead atoms. The molecule has 0 aliphatic carbocycles. The van der Waals surface area contributed by atoms with E-state index in [9.17, 15) is 4.79 Å². The van der Waals surface area contributed by atoms with Gasteiger partial charge in [0.15, 0.2) is 5.69 Å². The van der Waals surface area contributed by atoms with E-state index in [1.807, 2.05) is 37.3 Å². The van der Waals surface area contributed by atoms with Gasteiger partial charge in [-0.15, -0.1) is 0 Å². The molecular formula is C14H18N4O. The minimum absolute atomic E-state index is 0.0323. The Morgan fingerprint density at radius 1 is 1.37 bits per heavy atom. The van der Waals surface area contributed by atoms with E-state index in [4.69, 9.17) is 5.73 Å². The smallest absolute Gasteiger partial charge is 0.276 e. The molecule has 0 fully saturated rings. The highest BCUT2D eigenvalue weighted by Crippen LogP contribution is 2.21. The number of aryl methyl sites for hydroxylation is 1. The maximum absolute atomic E-state index is 12.4. The van der Waals surface area contributed by atoms with Gasteiger partial charge in [0.1, 0.15) is 0 Å². The Kier molecular flexibility index (Phi) is 3.55. The molecular weight excluding hydrogens is 240 g/mol. The van der Waals surface area contributed by atoms with Crippen molar-refractivity contribution in [1.29, 1.82) is 0 Å². The Bertz CT molecular complexity index is 576. The Morgan fingerprint density at radius 2 is 2.00 bits per heavy atom. The molecule has 1 unspecified atom stereocenters. The number of nitrogens with two attached hydrogens (primary N) is 1. The molecule has 5 heteroatoms. The van der Waals surface area contributed by atoms with Gasteiger partial charge in [0.05, 0.1) is 11.7 Å². The standard InChI is InChI=1S/C14H18N4O/c1-10(11-7-5-4-6-8-11)18(3)14(19)13-12(15)9-17(2)16-13/h4-10H,15H2,1-3H3. The second-order valence-electron chi connectivity index (χ2n) is 4.61. The lowest BCUT2D eigenvalue weighted by atomic mass is 10.1. The molecule has 19 heavy (non-hydrogen) atoms. The lowest BCUT2D eigenvalue weighted by Gasteiger charge is -2.24. The van der Waals surface area contributed by atoms with Crippen LogP contribution in [0.1, 0.15) is 29.0 Å². The van der Waals surface area contributed by atoms with Crippen molar-refractivity contribution in [1.82, 2.24) is 14.7 Å². The average molecular weight is 258 g/mol. The number of carbonyl (C=O) groups excluding carboxylic acids is 1. The Morgan fingerprint density at radius 3 is 2.53 bits per heavy atom. The zero-order valence-corrected chi connectivity index (χ0v) is 11.4. The van der Waals surface area contributed by atoms with Crippen molar-refractivity contribution in [2.45, 2.75) is 13.0 Å². The van der Waals surface area contributed by atoms with Crippen LogP contribution in [0.2, 0.25) is 0 Å². The van der Waals surface area contributed by atoms with Gasteiger partial charge in [-0.05, 0) is 12.5 Å². The minimum atomic E-state index is -0.172. The molecule has 0 aliphatic heterocycles. The zero-order chi connectivity index (χ0) is 14.0. The molecule has 0 radical (unpaired) electrons. The van der Waals surface area contributed by atoms with Crippen molar-refractivity contribution >= 4 is 11.6 Å². The van der Waals surface area contributed by atoms with Gasteiger partial charge in [-0.1, -0.05) is 30.3 Å². The third-order valence-corrected chi connectivity index (χ3v) is 3.24. The topological polar surface area (TPSA) is 64.2 Å². The third-order valence-electron chi connectivity index (χ3n) is 3.24. The second-order valence-corrected chi connectivity index (χ2v) is 4.61. The molecule has 5 nitrogen and oxygen atoms in total. The molecule has 0 spiro atoms. The van der Waals surface area contributed by atoms with Gasteiger partial charge in [-0.2, -0.15) is 5.10 Å².